The van der Waals surface area contributed by atoms with E-state index in [1.54, 1.807) is 18.3 Å². The van der Waals surface area contributed by atoms with E-state index in [-0.39, 0.29) is 10.5 Å². The van der Waals surface area contributed by atoms with Gasteiger partial charge in [-0.2, -0.15) is 9.41 Å². The van der Waals surface area contributed by atoms with Gasteiger partial charge in [-0.05, 0) is 70.0 Å². The van der Waals surface area contributed by atoms with E-state index >= 15 is 0 Å². The Kier molecular flexibility index (Phi) is 7.00. The first-order valence-electron chi connectivity index (χ1n) is 11.5. The minimum Gasteiger partial charge on any atom is -0.318 e. The number of aryl methyl sites for hydroxylation is 2. The van der Waals surface area contributed by atoms with Gasteiger partial charge in [0.1, 0.15) is 0 Å². The van der Waals surface area contributed by atoms with E-state index in [0.29, 0.717) is 13.1 Å². The lowest BCUT2D eigenvalue weighted by Gasteiger charge is -2.25. The number of amides is 1. The summed E-state index contributed by atoms with van der Waals surface area (Å²) in [5.41, 5.74) is 7.99. The van der Waals surface area contributed by atoms with Gasteiger partial charge in [-0.15, -0.1) is 0 Å². The highest BCUT2D eigenvalue weighted by Gasteiger charge is 2.26. The average molecular weight is 479 g/mol. The van der Waals surface area contributed by atoms with Crippen molar-refractivity contribution in [3.63, 3.8) is 0 Å². The smallest absolute Gasteiger partial charge is 0.271 e. The van der Waals surface area contributed by atoms with Crippen molar-refractivity contribution < 1.29 is 13.2 Å². The fourth-order valence-corrected chi connectivity index (χ4v) is 5.85. The van der Waals surface area contributed by atoms with Crippen molar-refractivity contribution >= 4 is 22.1 Å². The molecule has 0 bridgehead atoms. The molecule has 1 N–H and O–H groups in total. The Hall–Kier alpha value is -3.23. The number of piperidine rings is 1. The number of benzene rings is 2. The highest BCUT2D eigenvalue weighted by molar-refractivity contribution is 7.89. The molecule has 7 nitrogen and oxygen atoms in total. The number of carbonyl (C=O) groups excluding carboxylic acids is 1. The number of rotatable bonds is 6. The molecule has 8 heteroatoms. The fraction of sp³-hybridized carbons (Fsp3) is 0.308. The summed E-state index contributed by atoms with van der Waals surface area (Å²) in [4.78, 5) is 12.8. The first kappa shape index (κ1) is 23.9. The van der Waals surface area contributed by atoms with Crippen LogP contribution in [0, 0.1) is 20.8 Å². The standard InChI is InChI=1S/C26H30N4O3S/c1-19-10-12-24(13-11-19)30-20(2)16-23(21(30)3)18-27-28-26(31)22-8-7-9-25(17-22)34(32,33)29-14-5-4-6-15-29/h7-13,16-18H,4-6,14-15H2,1-3H3,(H,28,31)/b27-18+. The molecule has 0 atom stereocenters. The molecule has 0 unspecified atom stereocenters. The summed E-state index contributed by atoms with van der Waals surface area (Å²) in [6, 6.07) is 16.4. The van der Waals surface area contributed by atoms with Gasteiger partial charge in [0.05, 0.1) is 11.1 Å². The normalized spacial score (nSPS) is 15.0. The minimum atomic E-state index is -3.61. The molecule has 1 aliphatic heterocycles. The summed E-state index contributed by atoms with van der Waals surface area (Å²) in [6.07, 6.45) is 4.37. The molecule has 0 radical (unpaired) electrons. The maximum atomic E-state index is 12.9. The second kappa shape index (κ2) is 9.95. The van der Waals surface area contributed by atoms with Crippen LogP contribution in [-0.2, 0) is 10.0 Å². The van der Waals surface area contributed by atoms with Crippen molar-refractivity contribution in [2.75, 3.05) is 13.1 Å². The first-order valence-corrected chi connectivity index (χ1v) is 12.9. The molecule has 1 amide bonds. The van der Waals surface area contributed by atoms with Gasteiger partial charge in [0.2, 0.25) is 10.0 Å². The summed E-state index contributed by atoms with van der Waals surface area (Å²) in [6.45, 7) is 7.12. The SMILES string of the molecule is Cc1ccc(-n2c(C)cc(/C=N/NC(=O)c3cccc(S(=O)(=O)N4CCCCC4)c3)c2C)cc1. The third kappa shape index (κ3) is 4.98. The van der Waals surface area contributed by atoms with Crippen LogP contribution in [0.2, 0.25) is 0 Å². The molecule has 34 heavy (non-hydrogen) atoms. The van der Waals surface area contributed by atoms with E-state index in [1.807, 2.05) is 19.9 Å². The summed E-state index contributed by atoms with van der Waals surface area (Å²) < 4.78 is 29.5. The molecule has 2 aromatic carbocycles. The van der Waals surface area contributed by atoms with Crippen molar-refractivity contribution in [1.29, 1.82) is 0 Å². The van der Waals surface area contributed by atoms with Crippen LogP contribution in [0.5, 0.6) is 0 Å². The zero-order chi connectivity index (χ0) is 24.3. The molecule has 4 rings (SSSR count). The van der Waals surface area contributed by atoms with Crippen LogP contribution < -0.4 is 5.43 Å². The Bertz CT molecular complexity index is 1320. The number of hydrogen-bond acceptors (Lipinski definition) is 4. The fourth-order valence-electron chi connectivity index (χ4n) is 4.29. The van der Waals surface area contributed by atoms with Gasteiger partial charge in [0.25, 0.3) is 5.91 Å². The summed E-state index contributed by atoms with van der Waals surface area (Å²) >= 11 is 0. The highest BCUT2D eigenvalue weighted by atomic mass is 32.2. The molecule has 178 valence electrons. The topological polar surface area (TPSA) is 83.8 Å². The molecule has 1 fully saturated rings. The largest absolute Gasteiger partial charge is 0.318 e. The molecule has 0 aliphatic carbocycles. The Morgan fingerprint density at radius 3 is 2.38 bits per heavy atom. The van der Waals surface area contributed by atoms with Gasteiger partial charge in [-0.1, -0.05) is 30.2 Å². The monoisotopic (exact) mass is 478 g/mol. The summed E-state index contributed by atoms with van der Waals surface area (Å²) in [5, 5.41) is 4.12. The predicted molar refractivity (Wildman–Crippen MR) is 134 cm³/mol. The number of hydrazone groups is 1. The van der Waals surface area contributed by atoms with Crippen LogP contribution in [0.4, 0.5) is 0 Å². The van der Waals surface area contributed by atoms with Crippen LogP contribution in [0.1, 0.15) is 52.1 Å². The van der Waals surface area contributed by atoms with Gasteiger partial charge in [0, 0.05) is 41.3 Å². The Labute approximate surface area is 201 Å². The molecular formula is C26H30N4O3S. The zero-order valence-corrected chi connectivity index (χ0v) is 20.6. The van der Waals surface area contributed by atoms with Crippen LogP contribution >= 0.6 is 0 Å². The van der Waals surface area contributed by atoms with Crippen molar-refractivity contribution in [3.8, 4) is 5.69 Å². The van der Waals surface area contributed by atoms with Gasteiger partial charge >= 0.3 is 0 Å². The molecule has 1 saturated heterocycles. The van der Waals surface area contributed by atoms with Crippen LogP contribution in [0.25, 0.3) is 5.69 Å². The number of carbonyl (C=O) groups is 1. The maximum absolute atomic E-state index is 12.9. The third-order valence-electron chi connectivity index (χ3n) is 6.18. The van der Waals surface area contributed by atoms with Crippen molar-refractivity contribution in [2.45, 2.75) is 44.9 Å². The maximum Gasteiger partial charge on any atom is 0.271 e. The minimum absolute atomic E-state index is 0.132. The predicted octanol–water partition coefficient (Wildman–Crippen LogP) is 4.34. The quantitative estimate of drug-likeness (QED) is 0.423. The van der Waals surface area contributed by atoms with Gasteiger partial charge in [-0.25, -0.2) is 13.8 Å². The van der Waals surface area contributed by atoms with Crippen molar-refractivity contribution in [1.82, 2.24) is 14.3 Å². The number of nitrogens with one attached hydrogen (secondary N) is 1. The van der Waals surface area contributed by atoms with E-state index in [1.165, 1.54) is 22.0 Å². The third-order valence-corrected chi connectivity index (χ3v) is 8.08. The summed E-state index contributed by atoms with van der Waals surface area (Å²) in [5.74, 6) is -0.459. The molecule has 3 aromatic rings. The molecular weight excluding hydrogens is 448 g/mol. The van der Waals surface area contributed by atoms with E-state index in [4.69, 9.17) is 0 Å². The average Bonchev–Trinajstić information content (AvgIpc) is 3.13. The highest BCUT2D eigenvalue weighted by Crippen LogP contribution is 2.22. The van der Waals surface area contributed by atoms with Crippen LogP contribution in [-0.4, -0.2) is 42.5 Å². The van der Waals surface area contributed by atoms with Crippen molar-refractivity contribution in [3.05, 3.63) is 82.7 Å². The number of sulfonamides is 1. The molecule has 0 saturated carbocycles. The zero-order valence-electron chi connectivity index (χ0n) is 19.8. The van der Waals surface area contributed by atoms with E-state index in [9.17, 15) is 13.2 Å². The van der Waals surface area contributed by atoms with Gasteiger partial charge < -0.3 is 4.57 Å². The lowest BCUT2D eigenvalue weighted by molar-refractivity contribution is 0.0955. The second-order valence-electron chi connectivity index (χ2n) is 8.69. The van der Waals surface area contributed by atoms with E-state index in [2.05, 4.69) is 46.3 Å². The number of hydrogen-bond donors (Lipinski definition) is 1. The lowest BCUT2D eigenvalue weighted by atomic mass is 10.2. The Morgan fingerprint density at radius 1 is 0.971 bits per heavy atom. The Balaban J connectivity index is 1.48. The molecule has 2 heterocycles. The van der Waals surface area contributed by atoms with E-state index in [0.717, 1.165) is 41.9 Å². The van der Waals surface area contributed by atoms with Crippen LogP contribution in [0.15, 0.2) is 64.6 Å². The molecule has 1 aliphatic rings. The second-order valence-corrected chi connectivity index (χ2v) is 10.6. The first-order chi connectivity index (χ1) is 16.3. The number of nitrogens with zero attached hydrogens (tertiary/aromatic N) is 3. The van der Waals surface area contributed by atoms with Crippen LogP contribution in [0.3, 0.4) is 0 Å². The Morgan fingerprint density at radius 2 is 1.68 bits per heavy atom. The van der Waals surface area contributed by atoms with Gasteiger partial charge in [0.15, 0.2) is 0 Å². The molecule has 1 aromatic heterocycles. The number of aromatic nitrogens is 1. The van der Waals surface area contributed by atoms with Gasteiger partial charge in [-0.3, -0.25) is 4.79 Å². The molecule has 0 spiro atoms. The summed E-state index contributed by atoms with van der Waals surface area (Å²) in [7, 11) is -3.61. The van der Waals surface area contributed by atoms with E-state index < -0.39 is 15.9 Å². The van der Waals surface area contributed by atoms with Crippen molar-refractivity contribution in [2.24, 2.45) is 5.10 Å². The lowest BCUT2D eigenvalue weighted by Crippen LogP contribution is -2.35.